The number of halogens is 2. The van der Waals surface area contributed by atoms with Crippen LogP contribution < -0.4 is 0 Å². The minimum Gasteiger partial charge on any atom is -0.233 e. The van der Waals surface area contributed by atoms with Crippen molar-refractivity contribution in [3.63, 3.8) is 0 Å². The molecule has 0 saturated carbocycles. The van der Waals surface area contributed by atoms with E-state index in [1.807, 2.05) is 19.2 Å². The molecule has 0 saturated heterocycles. The summed E-state index contributed by atoms with van der Waals surface area (Å²) < 4.78 is 1.05. The van der Waals surface area contributed by atoms with Crippen LogP contribution in [-0.4, -0.2) is 9.97 Å². The summed E-state index contributed by atoms with van der Waals surface area (Å²) in [6.07, 6.45) is 0. The van der Waals surface area contributed by atoms with Gasteiger partial charge in [-0.25, -0.2) is 9.97 Å². The summed E-state index contributed by atoms with van der Waals surface area (Å²) in [6.45, 7) is 3.77. The first-order chi connectivity index (χ1) is 7.09. The van der Waals surface area contributed by atoms with Crippen molar-refractivity contribution < 1.29 is 0 Å². The van der Waals surface area contributed by atoms with Gasteiger partial charge in [0.15, 0.2) is 0 Å². The lowest BCUT2D eigenvalue weighted by Crippen LogP contribution is -1.95. The lowest BCUT2D eigenvalue weighted by Gasteiger charge is -2.06. The maximum Gasteiger partial charge on any atom is 0.136 e. The van der Waals surface area contributed by atoms with Crippen molar-refractivity contribution in [1.29, 1.82) is 0 Å². The van der Waals surface area contributed by atoms with Crippen molar-refractivity contribution in [2.45, 2.75) is 13.8 Å². The molecule has 2 nitrogen and oxygen atoms in total. The van der Waals surface area contributed by atoms with Crippen molar-refractivity contribution in [3.8, 4) is 11.3 Å². The fourth-order valence-corrected chi connectivity index (χ4v) is 2.99. The van der Waals surface area contributed by atoms with Gasteiger partial charge in [-0.1, -0.05) is 11.6 Å². The number of aryl methyl sites for hydroxylation is 1. The molecule has 0 atom stereocenters. The van der Waals surface area contributed by atoms with Gasteiger partial charge in [0.2, 0.25) is 0 Å². The highest BCUT2D eigenvalue weighted by Gasteiger charge is 2.12. The normalized spacial score (nSPS) is 10.7. The number of nitrogens with zero attached hydrogens (tertiary/aromatic N) is 2. The van der Waals surface area contributed by atoms with Crippen LogP contribution in [0.4, 0.5) is 0 Å². The predicted molar refractivity (Wildman–Crippen MR) is 67.5 cm³/mol. The average molecular weight is 304 g/mol. The second kappa shape index (κ2) is 4.20. The standard InChI is InChI=1S/C10H8BrClN2S/c1-5-9(7-3-15-4-8(7)11)13-6(2)14-10(5)12/h3-4H,1-2H3. The first kappa shape index (κ1) is 11.0. The van der Waals surface area contributed by atoms with Crippen LogP contribution in [-0.2, 0) is 0 Å². The highest BCUT2D eigenvalue weighted by molar-refractivity contribution is 9.10. The third-order valence-corrected chi connectivity index (χ3v) is 4.14. The summed E-state index contributed by atoms with van der Waals surface area (Å²) in [7, 11) is 0. The number of aromatic nitrogens is 2. The van der Waals surface area contributed by atoms with Crippen molar-refractivity contribution >= 4 is 38.9 Å². The topological polar surface area (TPSA) is 25.8 Å². The maximum atomic E-state index is 6.03. The molecule has 0 fully saturated rings. The van der Waals surface area contributed by atoms with Crippen molar-refractivity contribution in [1.82, 2.24) is 9.97 Å². The van der Waals surface area contributed by atoms with Crippen LogP contribution in [0, 0.1) is 13.8 Å². The second-order valence-electron chi connectivity index (χ2n) is 3.17. The molecule has 78 valence electrons. The number of hydrogen-bond acceptors (Lipinski definition) is 3. The number of thiophene rings is 1. The SMILES string of the molecule is Cc1nc(Cl)c(C)c(-c2cscc2Br)n1. The molecule has 0 aliphatic heterocycles. The smallest absolute Gasteiger partial charge is 0.136 e. The van der Waals surface area contributed by atoms with E-state index in [0.29, 0.717) is 11.0 Å². The molecule has 2 heterocycles. The summed E-state index contributed by atoms with van der Waals surface area (Å²) in [5, 5.41) is 4.60. The summed E-state index contributed by atoms with van der Waals surface area (Å²) in [5.41, 5.74) is 2.90. The van der Waals surface area contributed by atoms with Crippen LogP contribution in [0.3, 0.4) is 0 Å². The van der Waals surface area contributed by atoms with E-state index in [4.69, 9.17) is 11.6 Å². The van der Waals surface area contributed by atoms with Crippen LogP contribution >= 0.6 is 38.9 Å². The molecule has 0 amide bonds. The minimum absolute atomic E-state index is 0.524. The van der Waals surface area contributed by atoms with E-state index in [2.05, 4.69) is 31.3 Å². The molecule has 2 rings (SSSR count). The lowest BCUT2D eigenvalue weighted by molar-refractivity contribution is 1.04. The van der Waals surface area contributed by atoms with Crippen LogP contribution in [0.2, 0.25) is 5.15 Å². The van der Waals surface area contributed by atoms with Gasteiger partial charge in [0.05, 0.1) is 5.69 Å². The average Bonchev–Trinajstić information content (AvgIpc) is 2.58. The van der Waals surface area contributed by atoms with Gasteiger partial charge in [0.25, 0.3) is 0 Å². The molecule has 0 aromatic carbocycles. The fourth-order valence-electron chi connectivity index (χ4n) is 1.31. The molecule has 0 unspecified atom stereocenters. The first-order valence-electron chi connectivity index (χ1n) is 4.32. The van der Waals surface area contributed by atoms with E-state index in [9.17, 15) is 0 Å². The van der Waals surface area contributed by atoms with E-state index < -0.39 is 0 Å². The zero-order valence-electron chi connectivity index (χ0n) is 8.21. The summed E-state index contributed by atoms with van der Waals surface area (Å²) in [5.74, 6) is 0.693. The largest absolute Gasteiger partial charge is 0.233 e. The Labute approximate surface area is 105 Å². The van der Waals surface area contributed by atoms with Crippen LogP contribution in [0.1, 0.15) is 11.4 Å². The van der Waals surface area contributed by atoms with Gasteiger partial charge < -0.3 is 0 Å². The molecule has 0 bridgehead atoms. The molecule has 2 aromatic heterocycles. The summed E-state index contributed by atoms with van der Waals surface area (Å²) in [6, 6.07) is 0. The van der Waals surface area contributed by atoms with E-state index in [1.165, 1.54) is 0 Å². The summed E-state index contributed by atoms with van der Waals surface area (Å²) in [4.78, 5) is 8.53. The molecule has 0 radical (unpaired) electrons. The van der Waals surface area contributed by atoms with Crippen molar-refractivity contribution in [2.75, 3.05) is 0 Å². The van der Waals surface area contributed by atoms with E-state index in [0.717, 1.165) is 21.3 Å². The van der Waals surface area contributed by atoms with Gasteiger partial charge in [-0.2, -0.15) is 11.3 Å². The van der Waals surface area contributed by atoms with E-state index in [-0.39, 0.29) is 0 Å². The molecule has 0 spiro atoms. The monoisotopic (exact) mass is 302 g/mol. The number of hydrogen-bond donors (Lipinski definition) is 0. The quantitative estimate of drug-likeness (QED) is 0.737. The molecular weight excluding hydrogens is 296 g/mol. The van der Waals surface area contributed by atoms with Crippen molar-refractivity contribution in [2.24, 2.45) is 0 Å². The zero-order chi connectivity index (χ0) is 11.0. The highest BCUT2D eigenvalue weighted by Crippen LogP contribution is 2.33. The van der Waals surface area contributed by atoms with Gasteiger partial charge in [-0.05, 0) is 29.8 Å². The van der Waals surface area contributed by atoms with Gasteiger partial charge in [-0.3, -0.25) is 0 Å². The van der Waals surface area contributed by atoms with Gasteiger partial charge in [-0.15, -0.1) is 0 Å². The van der Waals surface area contributed by atoms with Crippen molar-refractivity contribution in [3.05, 3.63) is 31.8 Å². The molecular formula is C10H8BrClN2S. The van der Waals surface area contributed by atoms with Gasteiger partial charge >= 0.3 is 0 Å². The predicted octanol–water partition coefficient (Wildman–Crippen LogP) is 4.24. The third-order valence-electron chi connectivity index (χ3n) is 2.07. The maximum absolute atomic E-state index is 6.03. The Morgan fingerprint density at radius 2 is 2.00 bits per heavy atom. The Kier molecular flexibility index (Phi) is 3.09. The Balaban J connectivity index is 2.68. The Morgan fingerprint density at radius 3 is 2.60 bits per heavy atom. The van der Waals surface area contributed by atoms with Gasteiger partial charge in [0.1, 0.15) is 11.0 Å². The molecule has 0 N–H and O–H groups in total. The number of rotatable bonds is 1. The molecule has 15 heavy (non-hydrogen) atoms. The molecule has 0 aliphatic carbocycles. The van der Waals surface area contributed by atoms with Crippen LogP contribution in [0.5, 0.6) is 0 Å². The fraction of sp³-hybridized carbons (Fsp3) is 0.200. The zero-order valence-corrected chi connectivity index (χ0v) is 11.4. The van der Waals surface area contributed by atoms with Crippen LogP contribution in [0.25, 0.3) is 11.3 Å². The minimum atomic E-state index is 0.524. The Bertz CT molecular complexity index is 510. The third kappa shape index (κ3) is 2.07. The van der Waals surface area contributed by atoms with Crippen LogP contribution in [0.15, 0.2) is 15.2 Å². The second-order valence-corrected chi connectivity index (χ2v) is 5.12. The van der Waals surface area contributed by atoms with E-state index in [1.54, 1.807) is 11.3 Å². The highest BCUT2D eigenvalue weighted by atomic mass is 79.9. The molecule has 0 aliphatic rings. The molecule has 5 heteroatoms. The lowest BCUT2D eigenvalue weighted by atomic mass is 10.1. The Morgan fingerprint density at radius 1 is 1.27 bits per heavy atom. The first-order valence-corrected chi connectivity index (χ1v) is 6.43. The summed E-state index contributed by atoms with van der Waals surface area (Å²) >= 11 is 11.1. The van der Waals surface area contributed by atoms with E-state index >= 15 is 0 Å². The Hall–Kier alpha value is -0.450. The molecule has 2 aromatic rings. The van der Waals surface area contributed by atoms with Gasteiger partial charge in [0, 0.05) is 26.4 Å².